The van der Waals surface area contributed by atoms with E-state index in [2.05, 4.69) is 10.3 Å². The van der Waals surface area contributed by atoms with Crippen LogP contribution in [0, 0.1) is 0 Å². The Bertz CT molecular complexity index is 1160. The third-order valence-corrected chi connectivity index (χ3v) is 3.59. The van der Waals surface area contributed by atoms with Crippen molar-refractivity contribution in [3.63, 3.8) is 0 Å². The zero-order valence-electron chi connectivity index (χ0n) is 15.7. The molecule has 3 aromatic rings. The minimum atomic E-state index is -1.51. The maximum atomic E-state index is 12.0. The molecule has 158 valence electrons. The molecule has 2 heterocycles. The van der Waals surface area contributed by atoms with Crippen molar-refractivity contribution < 1.29 is 24.5 Å². The van der Waals surface area contributed by atoms with E-state index in [0.717, 1.165) is 0 Å². The molecule has 1 aromatic carbocycles. The quantitative estimate of drug-likeness (QED) is 0.310. The third kappa shape index (κ3) is 4.84. The number of nitrogens with zero attached hydrogens (tertiary/aromatic N) is 3. The highest BCUT2D eigenvalue weighted by Crippen LogP contribution is 2.19. The van der Waals surface area contributed by atoms with Gasteiger partial charge in [0.05, 0.1) is 31.2 Å². The number of ether oxygens (including phenoxy) is 1. The Balaban J connectivity index is 0.000000735. The van der Waals surface area contributed by atoms with Gasteiger partial charge in [-0.2, -0.15) is 0 Å². The number of nitrogens with one attached hydrogen (secondary N) is 2. The number of H-pyrrole nitrogens is 2. The van der Waals surface area contributed by atoms with E-state index < -0.39 is 28.9 Å². The molecular formula is C17H18N6O7. The maximum Gasteiger partial charge on any atom is 0.353 e. The number of aromatic carboxylic acids is 1. The fraction of sp³-hybridized carbons (Fsp3) is 0.176. The van der Waals surface area contributed by atoms with Gasteiger partial charge in [0.1, 0.15) is 17.0 Å². The van der Waals surface area contributed by atoms with Crippen LogP contribution in [0.25, 0.3) is 16.9 Å². The number of aliphatic hydroxyl groups is 1. The van der Waals surface area contributed by atoms with Crippen LogP contribution in [-0.4, -0.2) is 67.4 Å². The Morgan fingerprint density at radius 1 is 1.23 bits per heavy atom. The number of esters is 1. The van der Waals surface area contributed by atoms with Gasteiger partial charge in [-0.15, -0.1) is 5.10 Å². The van der Waals surface area contributed by atoms with Crippen LogP contribution in [-0.2, 0) is 4.74 Å². The van der Waals surface area contributed by atoms with Crippen LogP contribution in [0.4, 0.5) is 0 Å². The lowest BCUT2D eigenvalue weighted by Gasteiger charge is -2.06. The summed E-state index contributed by atoms with van der Waals surface area (Å²) in [5.41, 5.74) is 2.32. The van der Waals surface area contributed by atoms with Crippen molar-refractivity contribution in [2.75, 3.05) is 20.3 Å². The van der Waals surface area contributed by atoms with Gasteiger partial charge in [0, 0.05) is 6.54 Å². The summed E-state index contributed by atoms with van der Waals surface area (Å²) in [6, 6.07) is 6.36. The maximum absolute atomic E-state index is 12.0. The predicted molar refractivity (Wildman–Crippen MR) is 102 cm³/mol. The van der Waals surface area contributed by atoms with Crippen LogP contribution in [0.3, 0.4) is 0 Å². The zero-order valence-corrected chi connectivity index (χ0v) is 15.7. The number of nitrogens with two attached hydrogens (primary N) is 1. The number of aromatic amines is 2. The number of carbonyl (C=O) groups is 2. The number of hydrogen-bond donors (Lipinski definition) is 5. The van der Waals surface area contributed by atoms with E-state index in [1.54, 1.807) is 18.2 Å². The van der Waals surface area contributed by atoms with Gasteiger partial charge in [0.15, 0.2) is 0 Å². The van der Waals surface area contributed by atoms with Crippen molar-refractivity contribution in [2.24, 2.45) is 5.73 Å². The van der Waals surface area contributed by atoms with Crippen molar-refractivity contribution in [3.05, 3.63) is 62.6 Å². The molecular weight excluding hydrogens is 400 g/mol. The van der Waals surface area contributed by atoms with E-state index in [9.17, 15) is 24.3 Å². The van der Waals surface area contributed by atoms with E-state index in [0.29, 0.717) is 12.2 Å². The molecule has 0 unspecified atom stereocenters. The zero-order chi connectivity index (χ0) is 22.3. The largest absolute Gasteiger partial charge is 0.477 e. The molecule has 6 N–H and O–H groups in total. The lowest BCUT2D eigenvalue weighted by atomic mass is 10.1. The standard InChI is InChI=1S/C15H11N5O6.C2H7NO/c1-26-14(24)7-4-2-3-5-9(7)20-6-8(18-19-20)10-11(13(22)23)16-15(25)17-12(10)21;3-1-2-4/h2-6H,1H3,(H,22,23)(H2,16,17,21,25);4H,1-3H2. The fourth-order valence-electron chi connectivity index (χ4n) is 2.34. The Hall–Kier alpha value is -4.10. The predicted octanol–water partition coefficient (Wildman–Crippen LogP) is -1.27. The smallest absolute Gasteiger partial charge is 0.353 e. The highest BCUT2D eigenvalue weighted by atomic mass is 16.5. The minimum Gasteiger partial charge on any atom is -0.477 e. The Morgan fingerprint density at radius 2 is 1.90 bits per heavy atom. The van der Waals surface area contributed by atoms with Crippen molar-refractivity contribution in [1.82, 2.24) is 25.0 Å². The van der Waals surface area contributed by atoms with Crippen LogP contribution in [0.2, 0.25) is 0 Å². The molecule has 30 heavy (non-hydrogen) atoms. The van der Waals surface area contributed by atoms with Crippen LogP contribution in [0.5, 0.6) is 0 Å². The summed E-state index contributed by atoms with van der Waals surface area (Å²) >= 11 is 0. The molecule has 0 saturated heterocycles. The molecule has 0 amide bonds. The molecule has 0 fully saturated rings. The van der Waals surface area contributed by atoms with Gasteiger partial charge in [-0.25, -0.2) is 19.1 Å². The average Bonchev–Trinajstić information content (AvgIpc) is 3.22. The van der Waals surface area contributed by atoms with Gasteiger partial charge in [0.2, 0.25) is 0 Å². The van der Waals surface area contributed by atoms with Crippen LogP contribution in [0.15, 0.2) is 40.1 Å². The molecule has 0 atom stereocenters. The van der Waals surface area contributed by atoms with Gasteiger partial charge in [-0.1, -0.05) is 17.3 Å². The first-order valence-electron chi connectivity index (χ1n) is 8.35. The number of benzene rings is 1. The van der Waals surface area contributed by atoms with E-state index in [1.165, 1.54) is 24.1 Å². The van der Waals surface area contributed by atoms with Gasteiger partial charge in [-0.05, 0) is 12.1 Å². The monoisotopic (exact) mass is 418 g/mol. The lowest BCUT2D eigenvalue weighted by Crippen LogP contribution is -2.28. The first-order valence-corrected chi connectivity index (χ1v) is 8.35. The van der Waals surface area contributed by atoms with Crippen LogP contribution < -0.4 is 17.0 Å². The third-order valence-electron chi connectivity index (χ3n) is 3.59. The van der Waals surface area contributed by atoms with Gasteiger partial charge in [-0.3, -0.25) is 9.78 Å². The van der Waals surface area contributed by atoms with Crippen molar-refractivity contribution >= 4 is 11.9 Å². The molecule has 2 aromatic heterocycles. The van der Waals surface area contributed by atoms with Crippen molar-refractivity contribution in [2.45, 2.75) is 0 Å². The summed E-state index contributed by atoms with van der Waals surface area (Å²) < 4.78 is 5.89. The molecule has 3 rings (SSSR count). The Kier molecular flexibility index (Phi) is 7.32. The number of rotatable bonds is 5. The molecule has 0 saturated carbocycles. The first kappa shape index (κ1) is 22.2. The normalized spacial score (nSPS) is 10.1. The summed E-state index contributed by atoms with van der Waals surface area (Å²) in [5.74, 6) is -2.11. The molecule has 0 aliphatic rings. The minimum absolute atomic E-state index is 0.0972. The second kappa shape index (κ2) is 9.90. The fourth-order valence-corrected chi connectivity index (χ4v) is 2.34. The summed E-state index contributed by atoms with van der Waals surface area (Å²) in [6.07, 6.45) is 1.26. The molecule has 0 bridgehead atoms. The van der Waals surface area contributed by atoms with E-state index in [1.807, 2.05) is 9.97 Å². The number of carboxylic acids is 1. The summed E-state index contributed by atoms with van der Waals surface area (Å²) in [4.78, 5) is 50.5. The first-order chi connectivity index (χ1) is 14.3. The Labute approximate surface area is 167 Å². The van der Waals surface area contributed by atoms with Gasteiger partial charge < -0.3 is 25.7 Å². The SMILES string of the molecule is COC(=O)c1ccccc1-n1cc(-c2c(C(=O)O)[nH]c(=O)[nH]c2=O)nn1.NCCO. The number of carboxylic acid groups (broad SMARTS) is 1. The summed E-state index contributed by atoms with van der Waals surface area (Å²) in [6.45, 7) is 0.472. The molecule has 0 spiro atoms. The number of aromatic nitrogens is 5. The van der Waals surface area contributed by atoms with Crippen molar-refractivity contribution in [3.8, 4) is 16.9 Å². The molecule has 0 aliphatic heterocycles. The summed E-state index contributed by atoms with van der Waals surface area (Å²) in [5, 5.41) is 24.6. The van der Waals surface area contributed by atoms with Gasteiger partial charge in [0.25, 0.3) is 5.56 Å². The highest BCUT2D eigenvalue weighted by molar-refractivity contribution is 5.94. The van der Waals surface area contributed by atoms with Crippen molar-refractivity contribution in [1.29, 1.82) is 0 Å². The second-order valence-electron chi connectivity index (χ2n) is 5.53. The van der Waals surface area contributed by atoms with Crippen LogP contribution in [0.1, 0.15) is 20.8 Å². The van der Waals surface area contributed by atoms with Gasteiger partial charge >= 0.3 is 17.6 Å². The molecule has 0 aliphatic carbocycles. The number of hydrogen-bond acceptors (Lipinski definition) is 9. The Morgan fingerprint density at radius 3 is 2.50 bits per heavy atom. The molecule has 13 nitrogen and oxygen atoms in total. The van der Waals surface area contributed by atoms with Crippen LogP contribution >= 0.6 is 0 Å². The van der Waals surface area contributed by atoms with E-state index >= 15 is 0 Å². The number of para-hydroxylation sites is 1. The second-order valence-corrected chi connectivity index (χ2v) is 5.53. The number of methoxy groups -OCH3 is 1. The molecule has 0 radical (unpaired) electrons. The number of carbonyl (C=O) groups excluding carboxylic acids is 1. The summed E-state index contributed by atoms with van der Waals surface area (Å²) in [7, 11) is 1.23. The molecule has 13 heteroatoms. The van der Waals surface area contributed by atoms with E-state index in [-0.39, 0.29) is 23.4 Å². The number of aliphatic hydroxyl groups excluding tert-OH is 1. The lowest BCUT2D eigenvalue weighted by molar-refractivity contribution is 0.0599. The highest BCUT2D eigenvalue weighted by Gasteiger charge is 2.21. The topological polar surface area (TPSA) is 206 Å². The van der Waals surface area contributed by atoms with E-state index in [4.69, 9.17) is 15.6 Å². The average molecular weight is 418 g/mol.